The lowest BCUT2D eigenvalue weighted by molar-refractivity contribution is 0.0672. The van der Waals surface area contributed by atoms with E-state index in [9.17, 15) is 13.6 Å². The highest BCUT2D eigenvalue weighted by molar-refractivity contribution is 5.98. The van der Waals surface area contributed by atoms with Gasteiger partial charge in [0.15, 0.2) is 0 Å². The third-order valence-corrected chi connectivity index (χ3v) is 4.75. The molecule has 1 aliphatic rings. The summed E-state index contributed by atoms with van der Waals surface area (Å²) in [7, 11) is 0. The Bertz CT molecular complexity index is 948. The monoisotopic (exact) mass is 326 g/mol. The molecule has 3 aromatic rings. The number of halogens is 2. The zero-order valence-electron chi connectivity index (χ0n) is 13.1. The first-order chi connectivity index (χ1) is 11.5. The molecule has 1 N–H and O–H groups in total. The molecule has 0 aliphatic carbocycles. The molecule has 0 saturated heterocycles. The summed E-state index contributed by atoms with van der Waals surface area (Å²) in [5.74, 6) is -0.863. The molecule has 0 radical (unpaired) electrons. The standard InChI is InChI=1S/C19H16F2N2O/c1-11-14-9-13(20)6-5-12(14)7-8-23(11)19(24)18-10-15-16(21)3-2-4-17(15)22-18/h2-6,9-11,22H,7-8H2,1H3. The summed E-state index contributed by atoms with van der Waals surface area (Å²) >= 11 is 0. The SMILES string of the molecule is CC1c2cc(F)ccc2CCN1C(=O)c1cc2c(F)cccc2[nH]1. The number of aromatic nitrogens is 1. The van der Waals surface area contributed by atoms with E-state index in [1.165, 1.54) is 18.2 Å². The van der Waals surface area contributed by atoms with Gasteiger partial charge in [0.1, 0.15) is 17.3 Å². The number of hydrogen-bond acceptors (Lipinski definition) is 1. The first kappa shape index (κ1) is 14.9. The van der Waals surface area contributed by atoms with Crippen molar-refractivity contribution in [1.82, 2.24) is 9.88 Å². The number of rotatable bonds is 1. The fourth-order valence-electron chi connectivity index (χ4n) is 3.45. The number of nitrogens with zero attached hydrogens (tertiary/aromatic N) is 1. The highest BCUT2D eigenvalue weighted by Crippen LogP contribution is 2.31. The van der Waals surface area contributed by atoms with Crippen molar-refractivity contribution >= 4 is 16.8 Å². The van der Waals surface area contributed by atoms with Gasteiger partial charge in [0.05, 0.1) is 6.04 Å². The molecule has 1 unspecified atom stereocenters. The van der Waals surface area contributed by atoms with Crippen LogP contribution in [0.4, 0.5) is 8.78 Å². The van der Waals surface area contributed by atoms with Gasteiger partial charge in [0.2, 0.25) is 0 Å². The van der Waals surface area contributed by atoms with Gasteiger partial charge in [0.25, 0.3) is 5.91 Å². The second-order valence-corrected chi connectivity index (χ2v) is 6.15. The minimum absolute atomic E-state index is 0.201. The molecule has 0 bridgehead atoms. The molecule has 2 aromatic carbocycles. The lowest BCUT2D eigenvalue weighted by Gasteiger charge is -2.35. The smallest absolute Gasteiger partial charge is 0.270 e. The molecule has 1 aromatic heterocycles. The zero-order chi connectivity index (χ0) is 16.8. The Labute approximate surface area is 137 Å². The van der Waals surface area contributed by atoms with Gasteiger partial charge in [-0.05, 0) is 54.8 Å². The van der Waals surface area contributed by atoms with Gasteiger partial charge < -0.3 is 9.88 Å². The Morgan fingerprint density at radius 3 is 2.83 bits per heavy atom. The number of amides is 1. The van der Waals surface area contributed by atoms with Crippen molar-refractivity contribution in [3.05, 3.63) is 70.9 Å². The normalized spacial score (nSPS) is 17.1. The van der Waals surface area contributed by atoms with E-state index < -0.39 is 0 Å². The van der Waals surface area contributed by atoms with Crippen LogP contribution in [0.1, 0.15) is 34.6 Å². The van der Waals surface area contributed by atoms with Crippen molar-refractivity contribution in [1.29, 1.82) is 0 Å². The van der Waals surface area contributed by atoms with Gasteiger partial charge in [-0.2, -0.15) is 0 Å². The molecule has 1 amide bonds. The molecule has 2 heterocycles. The number of carbonyl (C=O) groups is 1. The summed E-state index contributed by atoms with van der Waals surface area (Å²) in [6.07, 6.45) is 0.681. The van der Waals surface area contributed by atoms with E-state index in [1.54, 1.807) is 29.2 Å². The van der Waals surface area contributed by atoms with Crippen molar-refractivity contribution in [2.45, 2.75) is 19.4 Å². The fourth-order valence-corrected chi connectivity index (χ4v) is 3.45. The van der Waals surface area contributed by atoms with Crippen molar-refractivity contribution in [3.63, 3.8) is 0 Å². The van der Waals surface area contributed by atoms with Crippen molar-refractivity contribution in [2.24, 2.45) is 0 Å². The summed E-state index contributed by atoms with van der Waals surface area (Å²) < 4.78 is 27.4. The number of aromatic amines is 1. The summed E-state index contributed by atoms with van der Waals surface area (Å²) in [6, 6.07) is 10.7. The van der Waals surface area contributed by atoms with Crippen molar-refractivity contribution in [2.75, 3.05) is 6.54 Å². The van der Waals surface area contributed by atoms with Crippen LogP contribution in [0.15, 0.2) is 42.5 Å². The molecule has 4 rings (SSSR count). The van der Waals surface area contributed by atoms with Crippen molar-refractivity contribution < 1.29 is 13.6 Å². The first-order valence-corrected chi connectivity index (χ1v) is 7.91. The lowest BCUT2D eigenvalue weighted by atomic mass is 9.93. The molecule has 0 fully saturated rings. The van der Waals surface area contributed by atoms with Gasteiger partial charge >= 0.3 is 0 Å². The number of benzene rings is 2. The van der Waals surface area contributed by atoms with E-state index in [0.29, 0.717) is 29.6 Å². The average Bonchev–Trinajstić information content (AvgIpc) is 3.01. The zero-order valence-corrected chi connectivity index (χ0v) is 13.1. The molecule has 3 nitrogen and oxygen atoms in total. The maximum atomic E-state index is 13.8. The van der Waals surface area contributed by atoms with Crippen LogP contribution < -0.4 is 0 Å². The Hall–Kier alpha value is -2.69. The Balaban J connectivity index is 1.70. The molecule has 5 heteroatoms. The molecule has 122 valence electrons. The molecule has 24 heavy (non-hydrogen) atoms. The van der Waals surface area contributed by atoms with E-state index in [2.05, 4.69) is 4.98 Å². The minimum Gasteiger partial charge on any atom is -0.350 e. The second kappa shape index (κ2) is 5.44. The van der Waals surface area contributed by atoms with E-state index in [4.69, 9.17) is 0 Å². The quantitative estimate of drug-likeness (QED) is 0.714. The maximum Gasteiger partial charge on any atom is 0.270 e. The maximum absolute atomic E-state index is 13.8. The van der Waals surface area contributed by atoms with E-state index >= 15 is 0 Å². The Morgan fingerprint density at radius 1 is 1.21 bits per heavy atom. The topological polar surface area (TPSA) is 36.1 Å². The fraction of sp³-hybridized carbons (Fsp3) is 0.211. The number of hydrogen-bond donors (Lipinski definition) is 1. The summed E-state index contributed by atoms with van der Waals surface area (Å²) in [5.41, 5.74) is 2.84. The Morgan fingerprint density at radius 2 is 2.04 bits per heavy atom. The highest BCUT2D eigenvalue weighted by Gasteiger charge is 2.29. The summed E-state index contributed by atoms with van der Waals surface area (Å²) in [5, 5.41) is 0.400. The molecule has 1 atom stereocenters. The summed E-state index contributed by atoms with van der Waals surface area (Å²) in [4.78, 5) is 17.5. The van der Waals surface area contributed by atoms with Gasteiger partial charge in [-0.3, -0.25) is 4.79 Å². The van der Waals surface area contributed by atoms with Crippen LogP contribution in [0.25, 0.3) is 10.9 Å². The van der Waals surface area contributed by atoms with Crippen LogP contribution >= 0.6 is 0 Å². The molecular formula is C19H16F2N2O. The summed E-state index contributed by atoms with van der Waals surface area (Å²) in [6.45, 7) is 2.44. The van der Waals surface area contributed by atoms with Gasteiger partial charge in [-0.1, -0.05) is 12.1 Å². The second-order valence-electron chi connectivity index (χ2n) is 6.15. The molecule has 0 spiro atoms. The largest absolute Gasteiger partial charge is 0.350 e. The average molecular weight is 326 g/mol. The van der Waals surface area contributed by atoms with Crippen LogP contribution in [0, 0.1) is 11.6 Å². The Kier molecular flexibility index (Phi) is 3.37. The molecule has 0 saturated carbocycles. The first-order valence-electron chi connectivity index (χ1n) is 7.91. The van der Waals surface area contributed by atoms with Crippen LogP contribution in [-0.4, -0.2) is 22.3 Å². The van der Waals surface area contributed by atoms with Gasteiger partial charge in [0, 0.05) is 17.4 Å². The lowest BCUT2D eigenvalue weighted by Crippen LogP contribution is -2.39. The van der Waals surface area contributed by atoms with Crippen LogP contribution in [0.3, 0.4) is 0 Å². The molecular weight excluding hydrogens is 310 g/mol. The molecule has 1 aliphatic heterocycles. The van der Waals surface area contributed by atoms with E-state index in [1.807, 2.05) is 6.92 Å². The third-order valence-electron chi connectivity index (χ3n) is 4.75. The van der Waals surface area contributed by atoms with Crippen LogP contribution in [0.5, 0.6) is 0 Å². The van der Waals surface area contributed by atoms with Crippen LogP contribution in [-0.2, 0) is 6.42 Å². The number of H-pyrrole nitrogens is 1. The predicted octanol–water partition coefficient (Wildman–Crippen LogP) is 4.21. The number of nitrogens with one attached hydrogen (secondary N) is 1. The van der Waals surface area contributed by atoms with Crippen molar-refractivity contribution in [3.8, 4) is 0 Å². The van der Waals surface area contributed by atoms with E-state index in [-0.39, 0.29) is 23.6 Å². The van der Waals surface area contributed by atoms with Gasteiger partial charge in [-0.15, -0.1) is 0 Å². The predicted molar refractivity (Wildman–Crippen MR) is 87.8 cm³/mol. The van der Waals surface area contributed by atoms with E-state index in [0.717, 1.165) is 11.1 Å². The third kappa shape index (κ3) is 2.28. The minimum atomic E-state index is -0.359. The van der Waals surface area contributed by atoms with Gasteiger partial charge in [-0.25, -0.2) is 8.78 Å². The number of fused-ring (bicyclic) bond motifs is 2. The van der Waals surface area contributed by atoms with Crippen LogP contribution in [0.2, 0.25) is 0 Å². The highest BCUT2D eigenvalue weighted by atomic mass is 19.1. The number of carbonyl (C=O) groups excluding carboxylic acids is 1.